The van der Waals surface area contributed by atoms with Crippen molar-refractivity contribution >= 4 is 17.3 Å². The zero-order chi connectivity index (χ0) is 15.3. The monoisotopic (exact) mass is 302 g/mol. The zero-order valence-electron chi connectivity index (χ0n) is 12.5. The van der Waals surface area contributed by atoms with Crippen molar-refractivity contribution in [2.75, 3.05) is 39.1 Å². The summed E-state index contributed by atoms with van der Waals surface area (Å²) in [5.41, 5.74) is 0.168. The van der Waals surface area contributed by atoms with E-state index in [-0.39, 0.29) is 23.6 Å². The minimum absolute atomic E-state index is 0.0345. The van der Waals surface area contributed by atoms with Gasteiger partial charge in [-0.05, 0) is 19.5 Å². The molecular weight excluding hydrogens is 280 g/mol. The molecule has 1 aromatic rings. The van der Waals surface area contributed by atoms with Crippen LogP contribution in [0.3, 0.4) is 0 Å². The van der Waals surface area contributed by atoms with Gasteiger partial charge in [0.15, 0.2) is 0 Å². The van der Waals surface area contributed by atoms with Gasteiger partial charge in [0.25, 0.3) is 5.56 Å². The van der Waals surface area contributed by atoms with Gasteiger partial charge in [0, 0.05) is 13.1 Å². The van der Waals surface area contributed by atoms with Crippen LogP contribution in [0, 0.1) is 5.41 Å². The van der Waals surface area contributed by atoms with Crippen LogP contribution in [-0.4, -0.2) is 53.6 Å². The van der Waals surface area contributed by atoms with Gasteiger partial charge in [0.1, 0.15) is 5.02 Å². The first kappa shape index (κ1) is 16.9. The highest BCUT2D eigenvalue weighted by atomic mass is 35.5. The van der Waals surface area contributed by atoms with Gasteiger partial charge in [0.05, 0.1) is 25.0 Å². The number of nitrogens with one attached hydrogen (secondary N) is 1. The molecule has 0 radical (unpaired) electrons. The lowest BCUT2D eigenvalue weighted by Gasteiger charge is -2.29. The fourth-order valence-electron chi connectivity index (χ4n) is 2.09. The highest BCUT2D eigenvalue weighted by molar-refractivity contribution is 6.32. The highest BCUT2D eigenvalue weighted by Gasteiger charge is 2.19. The number of aliphatic hydroxyl groups excluding tert-OH is 1. The van der Waals surface area contributed by atoms with E-state index >= 15 is 0 Å². The summed E-state index contributed by atoms with van der Waals surface area (Å²) in [6.45, 7) is 5.85. The van der Waals surface area contributed by atoms with Crippen LogP contribution < -0.4 is 10.9 Å². The number of halogens is 1. The second kappa shape index (κ2) is 7.06. The summed E-state index contributed by atoms with van der Waals surface area (Å²) in [6, 6.07) is 0. The second-order valence-electron chi connectivity index (χ2n) is 5.88. The normalized spacial score (nSPS) is 11.9. The molecule has 1 rings (SSSR count). The third-order valence-corrected chi connectivity index (χ3v) is 3.16. The summed E-state index contributed by atoms with van der Waals surface area (Å²) in [5, 5.41) is 16.1. The number of rotatable bonds is 7. The lowest BCUT2D eigenvalue weighted by Crippen LogP contribution is -2.35. The topological polar surface area (TPSA) is 70.4 Å². The van der Waals surface area contributed by atoms with Crippen LogP contribution >= 0.6 is 11.6 Å². The SMILES string of the molecule is CN(C)CC(C)(C)CNc1cnn(CCO)c(=O)c1Cl. The smallest absolute Gasteiger partial charge is 0.287 e. The molecule has 0 aliphatic rings. The number of aliphatic hydroxyl groups is 1. The number of nitrogens with zero attached hydrogens (tertiary/aromatic N) is 3. The van der Waals surface area contributed by atoms with Crippen molar-refractivity contribution in [1.29, 1.82) is 0 Å². The Balaban J connectivity index is 2.79. The first-order chi connectivity index (χ1) is 9.26. The van der Waals surface area contributed by atoms with Crippen molar-refractivity contribution in [3.63, 3.8) is 0 Å². The summed E-state index contributed by atoms with van der Waals surface area (Å²) in [6.07, 6.45) is 1.52. The zero-order valence-corrected chi connectivity index (χ0v) is 13.2. The van der Waals surface area contributed by atoms with Crippen molar-refractivity contribution in [3.05, 3.63) is 21.6 Å². The lowest BCUT2D eigenvalue weighted by molar-refractivity contribution is 0.254. The summed E-state index contributed by atoms with van der Waals surface area (Å²) in [4.78, 5) is 14.0. The van der Waals surface area contributed by atoms with E-state index in [9.17, 15) is 4.79 Å². The number of hydrogen-bond donors (Lipinski definition) is 2. The quantitative estimate of drug-likeness (QED) is 0.783. The Morgan fingerprint density at radius 3 is 2.70 bits per heavy atom. The minimum Gasteiger partial charge on any atom is -0.394 e. The van der Waals surface area contributed by atoms with Crippen molar-refractivity contribution in [1.82, 2.24) is 14.7 Å². The Hall–Kier alpha value is -1.11. The molecule has 20 heavy (non-hydrogen) atoms. The number of aromatic nitrogens is 2. The van der Waals surface area contributed by atoms with Crippen LogP contribution in [0.4, 0.5) is 5.69 Å². The van der Waals surface area contributed by atoms with Crippen LogP contribution in [0.1, 0.15) is 13.8 Å². The largest absolute Gasteiger partial charge is 0.394 e. The third kappa shape index (κ3) is 4.77. The van der Waals surface area contributed by atoms with Crippen molar-refractivity contribution in [2.45, 2.75) is 20.4 Å². The molecule has 2 N–H and O–H groups in total. The van der Waals surface area contributed by atoms with E-state index in [0.29, 0.717) is 12.2 Å². The average Bonchev–Trinajstić information content (AvgIpc) is 2.33. The van der Waals surface area contributed by atoms with Crippen LogP contribution in [0.15, 0.2) is 11.0 Å². The fraction of sp³-hybridized carbons (Fsp3) is 0.692. The van der Waals surface area contributed by atoms with Gasteiger partial charge < -0.3 is 15.3 Å². The first-order valence-corrected chi connectivity index (χ1v) is 6.90. The summed E-state index contributed by atoms with van der Waals surface area (Å²) < 4.78 is 1.15. The first-order valence-electron chi connectivity index (χ1n) is 6.52. The molecular formula is C13H23ClN4O2. The molecule has 0 aliphatic heterocycles. The van der Waals surface area contributed by atoms with E-state index < -0.39 is 5.56 Å². The van der Waals surface area contributed by atoms with Crippen LogP contribution in [0.25, 0.3) is 0 Å². The molecule has 0 aromatic carbocycles. The van der Waals surface area contributed by atoms with Crippen LogP contribution in [-0.2, 0) is 6.54 Å². The summed E-state index contributed by atoms with van der Waals surface area (Å²) in [7, 11) is 4.04. The number of anilines is 1. The van der Waals surface area contributed by atoms with Gasteiger partial charge >= 0.3 is 0 Å². The maximum absolute atomic E-state index is 11.9. The molecule has 114 valence electrons. The third-order valence-electron chi connectivity index (χ3n) is 2.80. The van der Waals surface area contributed by atoms with E-state index in [0.717, 1.165) is 11.2 Å². The summed E-state index contributed by atoms with van der Waals surface area (Å²) >= 11 is 6.04. The van der Waals surface area contributed by atoms with E-state index in [1.54, 1.807) is 0 Å². The average molecular weight is 303 g/mol. The Morgan fingerprint density at radius 2 is 2.15 bits per heavy atom. The van der Waals surface area contributed by atoms with Crippen LogP contribution in [0.2, 0.25) is 5.02 Å². The predicted octanol–water partition coefficient (Wildman–Crippen LogP) is 0.889. The molecule has 6 nitrogen and oxygen atoms in total. The molecule has 0 unspecified atom stereocenters. The second-order valence-corrected chi connectivity index (χ2v) is 6.26. The molecule has 1 aromatic heterocycles. The highest BCUT2D eigenvalue weighted by Crippen LogP contribution is 2.20. The molecule has 0 saturated carbocycles. The van der Waals surface area contributed by atoms with Crippen molar-refractivity contribution in [3.8, 4) is 0 Å². The molecule has 0 aliphatic carbocycles. The maximum atomic E-state index is 11.9. The Bertz CT molecular complexity index is 500. The Morgan fingerprint density at radius 1 is 1.50 bits per heavy atom. The fourth-order valence-corrected chi connectivity index (χ4v) is 2.30. The van der Waals surface area contributed by atoms with E-state index in [2.05, 4.69) is 29.2 Å². The molecule has 7 heteroatoms. The lowest BCUT2D eigenvalue weighted by atomic mass is 9.93. The molecule has 0 spiro atoms. The maximum Gasteiger partial charge on any atom is 0.287 e. The van der Waals surface area contributed by atoms with Crippen molar-refractivity contribution in [2.24, 2.45) is 5.41 Å². The number of hydrogen-bond acceptors (Lipinski definition) is 5. The molecule has 0 saturated heterocycles. The molecule has 0 atom stereocenters. The van der Waals surface area contributed by atoms with Gasteiger partial charge in [-0.1, -0.05) is 25.4 Å². The van der Waals surface area contributed by atoms with Gasteiger partial charge in [-0.15, -0.1) is 0 Å². The summed E-state index contributed by atoms with van der Waals surface area (Å²) in [5.74, 6) is 0. The van der Waals surface area contributed by atoms with Gasteiger partial charge in [-0.3, -0.25) is 4.79 Å². The van der Waals surface area contributed by atoms with E-state index in [4.69, 9.17) is 16.7 Å². The standard InChI is InChI=1S/C13H23ClN4O2/c1-13(2,9-17(3)4)8-15-10-7-16-18(5-6-19)12(20)11(10)14/h7,15,19H,5-6,8-9H2,1-4H3. The van der Waals surface area contributed by atoms with E-state index in [1.165, 1.54) is 6.20 Å². The molecule has 0 amide bonds. The molecule has 0 bridgehead atoms. The minimum atomic E-state index is -0.392. The Labute approximate surface area is 124 Å². The molecule has 0 fully saturated rings. The van der Waals surface area contributed by atoms with Crippen molar-refractivity contribution < 1.29 is 5.11 Å². The van der Waals surface area contributed by atoms with Crippen LogP contribution in [0.5, 0.6) is 0 Å². The Kier molecular flexibility index (Phi) is 5.98. The predicted molar refractivity (Wildman–Crippen MR) is 81.4 cm³/mol. The van der Waals surface area contributed by atoms with Gasteiger partial charge in [0.2, 0.25) is 0 Å². The van der Waals surface area contributed by atoms with E-state index in [1.807, 2.05) is 14.1 Å². The van der Waals surface area contributed by atoms with Gasteiger partial charge in [-0.25, -0.2) is 4.68 Å². The molecule has 1 heterocycles. The van der Waals surface area contributed by atoms with Gasteiger partial charge in [-0.2, -0.15) is 5.10 Å².